The van der Waals surface area contributed by atoms with Crippen molar-refractivity contribution < 1.29 is 4.79 Å². The number of amidine groups is 1. The van der Waals surface area contributed by atoms with Crippen LogP contribution in [-0.4, -0.2) is 16.3 Å². The Morgan fingerprint density at radius 1 is 0.793 bits per heavy atom. The lowest BCUT2D eigenvalue weighted by Crippen LogP contribution is -2.32. The van der Waals surface area contributed by atoms with Crippen LogP contribution in [0.25, 0.3) is 0 Å². The van der Waals surface area contributed by atoms with Gasteiger partial charge in [-0.3, -0.25) is 9.69 Å². The zero-order valence-electron chi connectivity index (χ0n) is 16.9. The minimum absolute atomic E-state index is 0.0882. The molecule has 0 radical (unpaired) electrons. The molecular weight excluding hydrogens is 376 g/mol. The molecule has 0 saturated carbocycles. The van der Waals surface area contributed by atoms with Crippen molar-refractivity contribution in [2.45, 2.75) is 32.4 Å². The van der Waals surface area contributed by atoms with Gasteiger partial charge in [-0.05, 0) is 57.0 Å². The smallest absolute Gasteiger partial charge is 0.247 e. The molecule has 0 spiro atoms. The highest BCUT2D eigenvalue weighted by Crippen LogP contribution is 2.35. The van der Waals surface area contributed by atoms with E-state index in [0.29, 0.717) is 6.42 Å². The van der Waals surface area contributed by atoms with Crippen LogP contribution in [0.15, 0.2) is 77.8 Å². The summed E-state index contributed by atoms with van der Waals surface area (Å²) >= 11 is 1.55. The largest absolute Gasteiger partial charge is 0.273 e. The van der Waals surface area contributed by atoms with Gasteiger partial charge in [-0.15, -0.1) is 0 Å². The molecule has 3 nitrogen and oxygen atoms in total. The van der Waals surface area contributed by atoms with Gasteiger partial charge < -0.3 is 0 Å². The van der Waals surface area contributed by atoms with Gasteiger partial charge in [0.1, 0.15) is 0 Å². The summed E-state index contributed by atoms with van der Waals surface area (Å²) in [4.78, 5) is 19.9. The number of carbonyl (C=O) groups is 1. The Kier molecular flexibility index (Phi) is 5.54. The van der Waals surface area contributed by atoms with Gasteiger partial charge in [-0.2, -0.15) is 0 Å². The Morgan fingerprint density at radius 3 is 1.90 bits per heavy atom. The van der Waals surface area contributed by atoms with E-state index in [0.717, 1.165) is 16.5 Å². The van der Waals surface area contributed by atoms with Crippen LogP contribution < -0.4 is 4.90 Å². The molecule has 146 valence electrons. The van der Waals surface area contributed by atoms with E-state index in [1.54, 1.807) is 16.7 Å². The molecule has 1 aliphatic rings. The molecule has 4 heteroatoms. The first-order valence-corrected chi connectivity index (χ1v) is 10.7. The quantitative estimate of drug-likeness (QED) is 0.539. The van der Waals surface area contributed by atoms with Crippen molar-refractivity contribution >= 4 is 34.2 Å². The molecule has 3 aromatic rings. The van der Waals surface area contributed by atoms with Gasteiger partial charge in [0.05, 0.1) is 16.6 Å². The Bertz CT molecular complexity index is 1040. The van der Waals surface area contributed by atoms with Crippen LogP contribution in [0.4, 0.5) is 11.4 Å². The van der Waals surface area contributed by atoms with Crippen LogP contribution in [-0.2, 0) is 11.2 Å². The molecule has 1 amide bonds. The molecule has 0 N–H and O–H groups in total. The van der Waals surface area contributed by atoms with E-state index in [1.807, 2.05) is 55.5 Å². The van der Waals surface area contributed by atoms with Gasteiger partial charge in [0.2, 0.25) is 5.91 Å². The maximum Gasteiger partial charge on any atom is 0.247 e. The minimum Gasteiger partial charge on any atom is -0.273 e. The van der Waals surface area contributed by atoms with E-state index in [2.05, 4.69) is 38.1 Å². The lowest BCUT2D eigenvalue weighted by molar-refractivity contribution is -0.116. The van der Waals surface area contributed by atoms with Gasteiger partial charge in [-0.25, -0.2) is 4.99 Å². The van der Waals surface area contributed by atoms with Crippen molar-refractivity contribution in [1.29, 1.82) is 0 Å². The van der Waals surface area contributed by atoms with Crippen LogP contribution >= 0.6 is 11.8 Å². The van der Waals surface area contributed by atoms with Crippen molar-refractivity contribution in [2.75, 3.05) is 4.90 Å². The van der Waals surface area contributed by atoms with E-state index >= 15 is 0 Å². The molecule has 1 unspecified atom stereocenters. The maximum atomic E-state index is 13.3. The summed E-state index contributed by atoms with van der Waals surface area (Å²) in [6.45, 7) is 6.18. The first-order valence-electron chi connectivity index (χ1n) is 9.78. The fraction of sp³-hybridized carbons (Fsp3) is 0.200. The summed E-state index contributed by atoms with van der Waals surface area (Å²) in [5.74, 6) is 0.0882. The second kappa shape index (κ2) is 8.26. The number of rotatable bonds is 4. The summed E-state index contributed by atoms with van der Waals surface area (Å²) in [5.41, 5.74) is 6.48. The normalized spacial score (nSPS) is 17.9. The summed E-state index contributed by atoms with van der Waals surface area (Å²) in [5, 5.41) is 0.558. The standard InChI is InChI=1S/C25H24N2OS/c1-17-4-10-20(11-5-17)16-23-24(28)27(22-14-8-19(3)9-15-22)25(29-23)26-21-12-6-18(2)7-13-21/h4-15,23H,16H2,1-3H3. The number of anilines is 1. The van der Waals surface area contributed by atoms with E-state index in [-0.39, 0.29) is 11.2 Å². The van der Waals surface area contributed by atoms with Crippen LogP contribution in [0.1, 0.15) is 22.3 Å². The lowest BCUT2D eigenvalue weighted by atomic mass is 10.1. The van der Waals surface area contributed by atoms with Gasteiger partial charge in [0.15, 0.2) is 5.17 Å². The molecule has 1 aliphatic heterocycles. The first-order chi connectivity index (χ1) is 14.0. The van der Waals surface area contributed by atoms with Crippen molar-refractivity contribution in [3.05, 3.63) is 95.1 Å². The number of carbonyl (C=O) groups excluding carboxylic acids is 1. The van der Waals surface area contributed by atoms with Crippen molar-refractivity contribution in [1.82, 2.24) is 0 Å². The highest BCUT2D eigenvalue weighted by molar-refractivity contribution is 8.16. The van der Waals surface area contributed by atoms with Gasteiger partial charge in [-0.1, -0.05) is 77.0 Å². The van der Waals surface area contributed by atoms with E-state index < -0.39 is 0 Å². The highest BCUT2D eigenvalue weighted by Gasteiger charge is 2.39. The average Bonchev–Trinajstić information content (AvgIpc) is 3.01. The van der Waals surface area contributed by atoms with Gasteiger partial charge >= 0.3 is 0 Å². The van der Waals surface area contributed by atoms with Crippen molar-refractivity contribution in [2.24, 2.45) is 4.99 Å². The third-order valence-corrected chi connectivity index (χ3v) is 6.16. The third kappa shape index (κ3) is 4.43. The van der Waals surface area contributed by atoms with E-state index in [1.165, 1.54) is 22.3 Å². The predicted octanol–water partition coefficient (Wildman–Crippen LogP) is 5.99. The minimum atomic E-state index is -0.178. The molecule has 1 heterocycles. The SMILES string of the molecule is Cc1ccc(CC2SC(=Nc3ccc(C)cc3)N(c3ccc(C)cc3)C2=O)cc1. The summed E-state index contributed by atoms with van der Waals surface area (Å²) in [6.07, 6.45) is 0.694. The Balaban J connectivity index is 1.68. The second-order valence-corrected chi connectivity index (χ2v) is 8.71. The van der Waals surface area contributed by atoms with Crippen LogP contribution in [0.5, 0.6) is 0 Å². The number of hydrogen-bond acceptors (Lipinski definition) is 3. The molecule has 29 heavy (non-hydrogen) atoms. The summed E-state index contributed by atoms with van der Waals surface area (Å²) < 4.78 is 0. The number of hydrogen-bond donors (Lipinski definition) is 0. The Hall–Kier alpha value is -2.85. The fourth-order valence-electron chi connectivity index (χ4n) is 3.27. The molecular formula is C25H24N2OS. The van der Waals surface area contributed by atoms with Crippen LogP contribution in [0.2, 0.25) is 0 Å². The Morgan fingerprint density at radius 2 is 1.31 bits per heavy atom. The maximum absolute atomic E-state index is 13.3. The van der Waals surface area contributed by atoms with Crippen LogP contribution in [0.3, 0.4) is 0 Å². The monoisotopic (exact) mass is 400 g/mol. The topological polar surface area (TPSA) is 32.7 Å². The van der Waals surface area contributed by atoms with E-state index in [9.17, 15) is 4.79 Å². The molecule has 1 atom stereocenters. The number of nitrogens with zero attached hydrogens (tertiary/aromatic N) is 2. The van der Waals surface area contributed by atoms with Crippen LogP contribution in [0, 0.1) is 20.8 Å². The lowest BCUT2D eigenvalue weighted by Gasteiger charge is -2.17. The number of amides is 1. The van der Waals surface area contributed by atoms with Crippen molar-refractivity contribution in [3.8, 4) is 0 Å². The number of thioether (sulfide) groups is 1. The zero-order valence-corrected chi connectivity index (χ0v) is 17.7. The Labute approximate surface area is 176 Å². The summed E-state index contributed by atoms with van der Waals surface area (Å²) in [7, 11) is 0. The second-order valence-electron chi connectivity index (χ2n) is 7.54. The highest BCUT2D eigenvalue weighted by atomic mass is 32.2. The van der Waals surface area contributed by atoms with Gasteiger partial charge in [0, 0.05) is 0 Å². The average molecular weight is 401 g/mol. The fourth-order valence-corrected chi connectivity index (χ4v) is 4.47. The molecule has 0 bridgehead atoms. The predicted molar refractivity (Wildman–Crippen MR) is 123 cm³/mol. The molecule has 0 aromatic heterocycles. The third-order valence-electron chi connectivity index (χ3n) is 5.03. The molecule has 3 aromatic carbocycles. The molecule has 0 aliphatic carbocycles. The number of aryl methyl sites for hydroxylation is 3. The van der Waals surface area contributed by atoms with Crippen molar-refractivity contribution in [3.63, 3.8) is 0 Å². The molecule has 1 fully saturated rings. The van der Waals surface area contributed by atoms with E-state index in [4.69, 9.17) is 4.99 Å². The first kappa shape index (κ1) is 19.5. The molecule has 1 saturated heterocycles. The number of benzene rings is 3. The zero-order chi connectivity index (χ0) is 20.4. The molecule has 4 rings (SSSR count). The number of aliphatic imine (C=N–C) groups is 1. The van der Waals surface area contributed by atoms with Gasteiger partial charge in [0.25, 0.3) is 0 Å². The summed E-state index contributed by atoms with van der Waals surface area (Å²) in [6, 6.07) is 24.5.